The van der Waals surface area contributed by atoms with E-state index in [1.807, 2.05) is 4.90 Å². The maximum Gasteiger partial charge on any atom is 0.140 e. The molecule has 2 fully saturated rings. The van der Waals surface area contributed by atoms with Gasteiger partial charge < -0.3 is 4.74 Å². The topological polar surface area (TPSA) is 36.3 Å². The Morgan fingerprint density at radius 1 is 1.33 bits per heavy atom. The third-order valence-electron chi connectivity index (χ3n) is 3.55. The van der Waals surface area contributed by atoms with E-state index in [0.717, 1.165) is 12.8 Å². The lowest BCUT2D eigenvalue weighted by atomic mass is 9.79. The van der Waals surface area contributed by atoms with E-state index < -0.39 is 11.7 Å². The molecule has 3 nitrogen and oxygen atoms in total. The quantitative estimate of drug-likeness (QED) is 0.660. The van der Waals surface area contributed by atoms with Gasteiger partial charge in [0.15, 0.2) is 0 Å². The van der Waals surface area contributed by atoms with E-state index in [9.17, 15) is 9.65 Å². The Kier molecular flexibility index (Phi) is 3.22. The minimum absolute atomic E-state index is 0.533. The van der Waals surface area contributed by atoms with Gasteiger partial charge in [-0.25, -0.2) is 4.39 Å². The molecule has 4 heteroatoms. The van der Waals surface area contributed by atoms with Gasteiger partial charge in [0.1, 0.15) is 11.7 Å². The highest BCUT2D eigenvalue weighted by Crippen LogP contribution is 2.35. The third-order valence-corrected chi connectivity index (χ3v) is 3.55. The SMILES string of the molecule is N#C[C@]1(N2CCOCC2)CCCC[C@H]1F. The van der Waals surface area contributed by atoms with Gasteiger partial charge in [-0.15, -0.1) is 0 Å². The number of hydrogen-bond donors (Lipinski definition) is 0. The molecule has 1 aliphatic carbocycles. The average molecular weight is 212 g/mol. The number of nitrogens with zero attached hydrogens (tertiary/aromatic N) is 2. The van der Waals surface area contributed by atoms with E-state index in [0.29, 0.717) is 39.1 Å². The van der Waals surface area contributed by atoms with E-state index >= 15 is 0 Å². The van der Waals surface area contributed by atoms with E-state index in [1.165, 1.54) is 0 Å². The largest absolute Gasteiger partial charge is 0.379 e. The van der Waals surface area contributed by atoms with Crippen LogP contribution in [0.3, 0.4) is 0 Å². The van der Waals surface area contributed by atoms with Gasteiger partial charge in [-0.3, -0.25) is 4.90 Å². The molecule has 1 saturated carbocycles. The lowest BCUT2D eigenvalue weighted by molar-refractivity contribution is -0.0445. The molecular weight excluding hydrogens is 195 g/mol. The lowest BCUT2D eigenvalue weighted by Crippen LogP contribution is -2.59. The van der Waals surface area contributed by atoms with Crippen LogP contribution in [0.1, 0.15) is 25.7 Å². The summed E-state index contributed by atoms with van der Waals surface area (Å²) < 4.78 is 19.2. The summed E-state index contributed by atoms with van der Waals surface area (Å²) in [6.45, 7) is 2.62. The average Bonchev–Trinajstić information content (AvgIpc) is 2.31. The Labute approximate surface area is 89.8 Å². The van der Waals surface area contributed by atoms with Gasteiger partial charge in [-0.1, -0.05) is 12.8 Å². The Balaban J connectivity index is 2.15. The van der Waals surface area contributed by atoms with Crippen LogP contribution >= 0.6 is 0 Å². The van der Waals surface area contributed by atoms with Gasteiger partial charge in [0.05, 0.1) is 19.3 Å². The predicted molar refractivity (Wildman–Crippen MR) is 54.1 cm³/mol. The molecule has 15 heavy (non-hydrogen) atoms. The molecule has 0 N–H and O–H groups in total. The van der Waals surface area contributed by atoms with Gasteiger partial charge in [-0.2, -0.15) is 5.26 Å². The van der Waals surface area contributed by atoms with Crippen LogP contribution in [0, 0.1) is 11.3 Å². The Bertz CT molecular complexity index is 260. The molecule has 84 valence electrons. The van der Waals surface area contributed by atoms with Crippen molar-refractivity contribution in [1.29, 1.82) is 5.26 Å². The maximum absolute atomic E-state index is 14.0. The number of nitriles is 1. The summed E-state index contributed by atoms with van der Waals surface area (Å²) in [7, 11) is 0. The molecule has 1 heterocycles. The normalized spacial score (nSPS) is 38.5. The Morgan fingerprint density at radius 3 is 2.67 bits per heavy atom. The second-order valence-electron chi connectivity index (χ2n) is 4.35. The molecule has 1 saturated heterocycles. The molecular formula is C11H17FN2O. The van der Waals surface area contributed by atoms with Crippen molar-refractivity contribution in [2.24, 2.45) is 0 Å². The number of hydrogen-bond acceptors (Lipinski definition) is 3. The summed E-state index contributed by atoms with van der Waals surface area (Å²) in [5.41, 5.74) is -0.859. The number of morpholine rings is 1. The van der Waals surface area contributed by atoms with Crippen LogP contribution in [-0.4, -0.2) is 42.9 Å². The first-order chi connectivity index (χ1) is 7.29. The molecule has 0 aromatic carbocycles. The molecule has 0 unspecified atom stereocenters. The summed E-state index contributed by atoms with van der Waals surface area (Å²) in [4.78, 5) is 1.99. The summed E-state index contributed by atoms with van der Waals surface area (Å²) in [5, 5.41) is 9.29. The van der Waals surface area contributed by atoms with E-state index in [2.05, 4.69) is 6.07 Å². The van der Waals surface area contributed by atoms with Crippen molar-refractivity contribution in [2.75, 3.05) is 26.3 Å². The van der Waals surface area contributed by atoms with Gasteiger partial charge in [-0.05, 0) is 12.8 Å². The minimum Gasteiger partial charge on any atom is -0.379 e. The fraction of sp³-hybridized carbons (Fsp3) is 0.909. The molecule has 1 aliphatic heterocycles. The first-order valence-corrected chi connectivity index (χ1v) is 5.68. The van der Waals surface area contributed by atoms with Crippen molar-refractivity contribution in [3.8, 4) is 6.07 Å². The molecule has 2 aliphatic rings. The van der Waals surface area contributed by atoms with E-state index in [-0.39, 0.29) is 0 Å². The molecule has 0 aromatic heterocycles. The first kappa shape index (κ1) is 10.8. The fourth-order valence-corrected chi connectivity index (χ4v) is 2.63. The number of rotatable bonds is 1. The second kappa shape index (κ2) is 4.46. The van der Waals surface area contributed by atoms with Crippen LogP contribution in [0.15, 0.2) is 0 Å². The predicted octanol–water partition coefficient (Wildman–Crippen LogP) is 1.49. The molecule has 0 aromatic rings. The summed E-state index contributed by atoms with van der Waals surface area (Å²) in [6.07, 6.45) is 2.09. The van der Waals surface area contributed by atoms with E-state index in [4.69, 9.17) is 4.74 Å². The minimum atomic E-state index is -0.991. The summed E-state index contributed by atoms with van der Waals surface area (Å²) >= 11 is 0. The van der Waals surface area contributed by atoms with Crippen LogP contribution in [0.4, 0.5) is 4.39 Å². The van der Waals surface area contributed by atoms with Gasteiger partial charge in [0.2, 0.25) is 0 Å². The van der Waals surface area contributed by atoms with Crippen LogP contribution in [0.25, 0.3) is 0 Å². The molecule has 0 bridgehead atoms. The van der Waals surface area contributed by atoms with Crippen LogP contribution in [-0.2, 0) is 4.74 Å². The van der Waals surface area contributed by atoms with Gasteiger partial charge in [0, 0.05) is 13.1 Å². The van der Waals surface area contributed by atoms with E-state index in [1.54, 1.807) is 0 Å². The molecule has 0 amide bonds. The number of alkyl halides is 1. The highest BCUT2D eigenvalue weighted by Gasteiger charge is 2.46. The van der Waals surface area contributed by atoms with Crippen molar-refractivity contribution >= 4 is 0 Å². The highest BCUT2D eigenvalue weighted by atomic mass is 19.1. The van der Waals surface area contributed by atoms with Crippen molar-refractivity contribution in [2.45, 2.75) is 37.4 Å². The standard InChI is InChI=1S/C11H17FN2O/c12-10-3-1-2-4-11(10,9-13)14-5-7-15-8-6-14/h10H,1-8H2/t10-,11-/m1/s1. The lowest BCUT2D eigenvalue weighted by Gasteiger charge is -2.44. The monoisotopic (exact) mass is 212 g/mol. The molecule has 2 rings (SSSR count). The number of ether oxygens (including phenoxy) is 1. The Morgan fingerprint density at radius 2 is 2.07 bits per heavy atom. The highest BCUT2D eigenvalue weighted by molar-refractivity contribution is 5.14. The van der Waals surface area contributed by atoms with Gasteiger partial charge >= 0.3 is 0 Å². The van der Waals surface area contributed by atoms with Crippen molar-refractivity contribution in [3.05, 3.63) is 0 Å². The summed E-state index contributed by atoms with van der Waals surface area (Å²) in [6, 6.07) is 2.23. The fourth-order valence-electron chi connectivity index (χ4n) is 2.63. The number of halogens is 1. The molecule has 0 spiro atoms. The first-order valence-electron chi connectivity index (χ1n) is 5.68. The van der Waals surface area contributed by atoms with Crippen molar-refractivity contribution < 1.29 is 9.13 Å². The second-order valence-corrected chi connectivity index (χ2v) is 4.35. The Hall–Kier alpha value is -0.660. The zero-order valence-electron chi connectivity index (χ0n) is 8.91. The molecule has 2 atom stereocenters. The van der Waals surface area contributed by atoms with Crippen LogP contribution in [0.5, 0.6) is 0 Å². The smallest absolute Gasteiger partial charge is 0.140 e. The van der Waals surface area contributed by atoms with Crippen molar-refractivity contribution in [3.63, 3.8) is 0 Å². The summed E-state index contributed by atoms with van der Waals surface area (Å²) in [5.74, 6) is 0. The van der Waals surface area contributed by atoms with Crippen molar-refractivity contribution in [1.82, 2.24) is 4.90 Å². The van der Waals surface area contributed by atoms with Crippen LogP contribution in [0.2, 0.25) is 0 Å². The van der Waals surface area contributed by atoms with Gasteiger partial charge in [0.25, 0.3) is 0 Å². The zero-order chi connectivity index (χ0) is 10.7. The van der Waals surface area contributed by atoms with Crippen LogP contribution < -0.4 is 0 Å². The third kappa shape index (κ3) is 1.86. The maximum atomic E-state index is 14.0. The molecule has 0 radical (unpaired) electrons. The zero-order valence-corrected chi connectivity index (χ0v) is 8.91.